The molecule has 3 rings (SSSR count). The lowest BCUT2D eigenvalue weighted by Gasteiger charge is -2.02. The van der Waals surface area contributed by atoms with Gasteiger partial charge < -0.3 is 10.6 Å². The molecule has 0 aromatic heterocycles. The first-order valence-electron chi connectivity index (χ1n) is 3.85. The van der Waals surface area contributed by atoms with E-state index in [2.05, 4.69) is 22.8 Å². The highest BCUT2D eigenvalue weighted by Crippen LogP contribution is 2.43. The Kier molecular flexibility index (Phi) is 1.45. The second kappa shape index (κ2) is 2.50. The zero-order valence-electron chi connectivity index (χ0n) is 6.39. The molecule has 0 spiro atoms. The summed E-state index contributed by atoms with van der Waals surface area (Å²) in [6.45, 7) is 0. The molecule has 1 aromatic carbocycles. The molecule has 12 heavy (non-hydrogen) atoms. The van der Waals surface area contributed by atoms with Crippen LogP contribution < -0.4 is 10.6 Å². The standard InChI is InChI=1S/C8H8N2S2/c1-5-8(12-3-9-5)2-6-7(1)11-4-10-6/h1-2,9-10H,3-4H2. The van der Waals surface area contributed by atoms with Gasteiger partial charge >= 0.3 is 0 Å². The molecule has 62 valence electrons. The van der Waals surface area contributed by atoms with Crippen LogP contribution in [0.2, 0.25) is 0 Å². The van der Waals surface area contributed by atoms with Gasteiger partial charge in [-0.05, 0) is 12.1 Å². The lowest BCUT2D eigenvalue weighted by Crippen LogP contribution is -1.89. The van der Waals surface area contributed by atoms with E-state index in [1.54, 1.807) is 0 Å². The molecule has 0 saturated heterocycles. The average Bonchev–Trinajstić information content (AvgIpc) is 2.64. The zero-order valence-corrected chi connectivity index (χ0v) is 8.02. The third-order valence-corrected chi connectivity index (χ3v) is 3.94. The van der Waals surface area contributed by atoms with Gasteiger partial charge in [0.25, 0.3) is 0 Å². The molecule has 2 heterocycles. The van der Waals surface area contributed by atoms with E-state index in [9.17, 15) is 0 Å². The molecular weight excluding hydrogens is 188 g/mol. The van der Waals surface area contributed by atoms with Crippen LogP contribution in [-0.2, 0) is 0 Å². The van der Waals surface area contributed by atoms with Crippen molar-refractivity contribution in [2.45, 2.75) is 9.79 Å². The van der Waals surface area contributed by atoms with Crippen molar-refractivity contribution in [2.24, 2.45) is 0 Å². The first-order valence-corrected chi connectivity index (χ1v) is 5.82. The predicted molar refractivity (Wildman–Crippen MR) is 55.1 cm³/mol. The van der Waals surface area contributed by atoms with Gasteiger partial charge in [0.15, 0.2) is 0 Å². The van der Waals surface area contributed by atoms with Gasteiger partial charge in [0, 0.05) is 21.2 Å². The number of benzene rings is 1. The summed E-state index contributed by atoms with van der Waals surface area (Å²) in [5.74, 6) is 2.03. The van der Waals surface area contributed by atoms with E-state index < -0.39 is 0 Å². The van der Waals surface area contributed by atoms with E-state index in [1.165, 1.54) is 21.2 Å². The van der Waals surface area contributed by atoms with Crippen molar-refractivity contribution in [3.63, 3.8) is 0 Å². The summed E-state index contributed by atoms with van der Waals surface area (Å²) in [4.78, 5) is 2.76. The quantitative estimate of drug-likeness (QED) is 0.666. The van der Waals surface area contributed by atoms with Crippen LogP contribution in [0.25, 0.3) is 0 Å². The Morgan fingerprint density at radius 2 is 1.42 bits per heavy atom. The molecule has 0 fully saturated rings. The molecule has 0 unspecified atom stereocenters. The molecule has 0 saturated carbocycles. The van der Waals surface area contributed by atoms with Gasteiger partial charge in [-0.3, -0.25) is 0 Å². The summed E-state index contributed by atoms with van der Waals surface area (Å²) < 4.78 is 0. The van der Waals surface area contributed by atoms with Crippen LogP contribution in [0.15, 0.2) is 21.9 Å². The minimum absolute atomic E-state index is 1.02. The molecule has 0 radical (unpaired) electrons. The summed E-state index contributed by atoms with van der Waals surface area (Å²) in [6, 6.07) is 4.49. The van der Waals surface area contributed by atoms with Crippen molar-refractivity contribution in [1.82, 2.24) is 0 Å². The Bertz CT molecular complexity index is 278. The Hall–Kier alpha value is -0.480. The molecule has 0 amide bonds. The number of rotatable bonds is 0. The maximum atomic E-state index is 3.35. The lowest BCUT2D eigenvalue weighted by molar-refractivity contribution is 1.34. The molecule has 0 bridgehead atoms. The maximum Gasteiger partial charge on any atom is 0.0658 e. The highest BCUT2D eigenvalue weighted by molar-refractivity contribution is 8.00. The third-order valence-electron chi connectivity index (χ3n) is 2.06. The summed E-state index contributed by atoms with van der Waals surface area (Å²) >= 11 is 3.75. The minimum Gasteiger partial charge on any atom is -0.375 e. The van der Waals surface area contributed by atoms with E-state index in [1.807, 2.05) is 23.5 Å². The van der Waals surface area contributed by atoms with Crippen molar-refractivity contribution < 1.29 is 0 Å². The van der Waals surface area contributed by atoms with Gasteiger partial charge in [-0.25, -0.2) is 0 Å². The van der Waals surface area contributed by atoms with Crippen molar-refractivity contribution in [3.8, 4) is 0 Å². The van der Waals surface area contributed by atoms with Gasteiger partial charge in [-0.2, -0.15) is 0 Å². The fourth-order valence-electron chi connectivity index (χ4n) is 1.46. The molecule has 0 aliphatic carbocycles. The van der Waals surface area contributed by atoms with Crippen LogP contribution in [0.4, 0.5) is 11.4 Å². The van der Waals surface area contributed by atoms with Crippen LogP contribution >= 0.6 is 23.5 Å². The van der Waals surface area contributed by atoms with Gasteiger partial charge in [-0.1, -0.05) is 0 Å². The molecule has 1 aromatic rings. The highest BCUT2D eigenvalue weighted by Gasteiger charge is 2.17. The topological polar surface area (TPSA) is 24.1 Å². The van der Waals surface area contributed by atoms with Gasteiger partial charge in [0.1, 0.15) is 0 Å². The van der Waals surface area contributed by atoms with Crippen LogP contribution in [0, 0.1) is 0 Å². The summed E-state index contributed by atoms with van der Waals surface area (Å²) in [7, 11) is 0. The van der Waals surface area contributed by atoms with E-state index >= 15 is 0 Å². The first-order chi connectivity index (χ1) is 5.93. The zero-order chi connectivity index (χ0) is 7.97. The van der Waals surface area contributed by atoms with E-state index in [4.69, 9.17) is 0 Å². The van der Waals surface area contributed by atoms with Gasteiger partial charge in [0.2, 0.25) is 0 Å². The Morgan fingerprint density at radius 1 is 0.917 bits per heavy atom. The fraction of sp³-hybridized carbons (Fsp3) is 0.250. The van der Waals surface area contributed by atoms with Crippen LogP contribution in [0.1, 0.15) is 0 Å². The van der Waals surface area contributed by atoms with Crippen LogP contribution in [-0.4, -0.2) is 11.8 Å². The highest BCUT2D eigenvalue weighted by atomic mass is 32.2. The second-order valence-electron chi connectivity index (χ2n) is 2.78. The SMILES string of the molecule is c1c2c(cc3c1SCN3)SCN2. The van der Waals surface area contributed by atoms with Crippen LogP contribution in [0.5, 0.6) is 0 Å². The Labute approximate surface area is 79.5 Å². The fourth-order valence-corrected chi connectivity index (χ4v) is 3.20. The smallest absolute Gasteiger partial charge is 0.0658 e. The largest absolute Gasteiger partial charge is 0.375 e. The third kappa shape index (κ3) is 0.912. The Balaban J connectivity index is 2.18. The minimum atomic E-state index is 1.02. The lowest BCUT2D eigenvalue weighted by atomic mass is 10.3. The van der Waals surface area contributed by atoms with Crippen LogP contribution in [0.3, 0.4) is 0 Å². The number of anilines is 2. The Morgan fingerprint density at radius 3 is 1.92 bits per heavy atom. The molecule has 2 aliphatic heterocycles. The summed E-state index contributed by atoms with van der Waals surface area (Å²) in [5, 5.41) is 6.70. The molecule has 2 aliphatic rings. The van der Waals surface area contributed by atoms with E-state index in [-0.39, 0.29) is 0 Å². The molecular formula is C8H8N2S2. The average molecular weight is 196 g/mol. The molecule has 4 heteroatoms. The van der Waals surface area contributed by atoms with Crippen molar-refractivity contribution in [1.29, 1.82) is 0 Å². The number of hydrogen-bond acceptors (Lipinski definition) is 4. The summed E-state index contributed by atoms with van der Waals surface area (Å²) in [6.07, 6.45) is 0. The number of thioether (sulfide) groups is 2. The first kappa shape index (κ1) is 6.97. The monoisotopic (exact) mass is 196 g/mol. The van der Waals surface area contributed by atoms with Crippen molar-refractivity contribution in [2.75, 3.05) is 22.4 Å². The van der Waals surface area contributed by atoms with Gasteiger partial charge in [-0.15, -0.1) is 23.5 Å². The number of fused-ring (bicyclic) bond motifs is 2. The molecule has 2 nitrogen and oxygen atoms in total. The predicted octanol–water partition coefficient (Wildman–Crippen LogP) is 2.64. The van der Waals surface area contributed by atoms with Crippen molar-refractivity contribution in [3.05, 3.63) is 12.1 Å². The van der Waals surface area contributed by atoms with E-state index in [0.29, 0.717) is 0 Å². The normalized spacial score (nSPS) is 18.0. The second-order valence-corrected chi connectivity index (χ2v) is 4.81. The van der Waals surface area contributed by atoms with Gasteiger partial charge in [0.05, 0.1) is 11.8 Å². The molecule has 0 atom stereocenters. The van der Waals surface area contributed by atoms with Crippen molar-refractivity contribution >= 4 is 34.9 Å². The van der Waals surface area contributed by atoms with E-state index in [0.717, 1.165) is 11.8 Å². The number of nitrogens with one attached hydrogen (secondary N) is 2. The number of hydrogen-bond donors (Lipinski definition) is 2. The summed E-state index contributed by atoms with van der Waals surface area (Å²) in [5.41, 5.74) is 2.60. The maximum absolute atomic E-state index is 3.35. The molecule has 2 N–H and O–H groups in total.